The molecule has 0 aliphatic carbocycles. The van der Waals surface area contributed by atoms with E-state index in [4.69, 9.17) is 5.11 Å². The Bertz CT molecular complexity index is 761. The van der Waals surface area contributed by atoms with Crippen molar-refractivity contribution in [3.63, 3.8) is 0 Å². The van der Waals surface area contributed by atoms with E-state index in [-0.39, 0.29) is 5.56 Å². The molecule has 0 saturated heterocycles. The predicted molar refractivity (Wildman–Crippen MR) is 84.4 cm³/mol. The zero-order chi connectivity index (χ0) is 15.4. The van der Waals surface area contributed by atoms with Crippen molar-refractivity contribution in [2.75, 3.05) is 0 Å². The molecule has 22 heavy (non-hydrogen) atoms. The minimum Gasteiger partial charge on any atom is -0.478 e. The average Bonchev–Trinajstić information content (AvgIpc) is 3.03. The van der Waals surface area contributed by atoms with Crippen molar-refractivity contribution >= 4 is 5.97 Å². The van der Waals surface area contributed by atoms with Crippen molar-refractivity contribution in [2.45, 2.75) is 12.8 Å². The van der Waals surface area contributed by atoms with Crippen LogP contribution in [0.1, 0.15) is 21.5 Å². The van der Waals surface area contributed by atoms with Crippen LogP contribution in [-0.4, -0.2) is 20.9 Å². The Morgan fingerprint density at radius 3 is 2.32 bits per heavy atom. The van der Waals surface area contributed by atoms with E-state index in [1.165, 1.54) is 5.56 Å². The molecule has 1 aromatic heterocycles. The Kier molecular flexibility index (Phi) is 4.01. The van der Waals surface area contributed by atoms with Gasteiger partial charge in [0.1, 0.15) is 0 Å². The van der Waals surface area contributed by atoms with Crippen molar-refractivity contribution in [2.24, 2.45) is 0 Å². The molecule has 0 fully saturated rings. The summed E-state index contributed by atoms with van der Waals surface area (Å²) in [6, 6.07) is 17.0. The molecule has 3 rings (SSSR count). The third-order valence-electron chi connectivity index (χ3n) is 3.56. The van der Waals surface area contributed by atoms with E-state index in [9.17, 15) is 4.79 Å². The molecular weight excluding hydrogens is 276 g/mol. The van der Waals surface area contributed by atoms with Crippen LogP contribution in [0, 0.1) is 0 Å². The molecular formula is C18H16N2O2. The highest BCUT2D eigenvalue weighted by molar-refractivity contribution is 5.87. The van der Waals surface area contributed by atoms with E-state index >= 15 is 0 Å². The second-order valence-corrected chi connectivity index (χ2v) is 5.13. The first-order valence-electron chi connectivity index (χ1n) is 7.13. The molecule has 0 amide bonds. The zero-order valence-corrected chi connectivity index (χ0v) is 12.0. The lowest BCUT2D eigenvalue weighted by molar-refractivity contribution is 0.0697. The number of nitrogens with zero attached hydrogens (tertiary/aromatic N) is 2. The zero-order valence-electron chi connectivity index (χ0n) is 12.0. The Morgan fingerprint density at radius 1 is 0.955 bits per heavy atom. The number of benzene rings is 2. The second kappa shape index (κ2) is 6.26. The van der Waals surface area contributed by atoms with Gasteiger partial charge in [-0.2, -0.15) is 5.10 Å². The predicted octanol–water partition coefficient (Wildman–Crippen LogP) is 3.36. The van der Waals surface area contributed by atoms with E-state index in [1.54, 1.807) is 28.9 Å². The summed E-state index contributed by atoms with van der Waals surface area (Å²) in [5, 5.41) is 13.2. The SMILES string of the molecule is O=C(O)c1ccc(-n2cc(CCc3ccccc3)cn2)cc1. The minimum atomic E-state index is -0.921. The molecule has 4 nitrogen and oxygen atoms in total. The topological polar surface area (TPSA) is 55.1 Å². The Hall–Kier alpha value is -2.88. The van der Waals surface area contributed by atoms with Crippen molar-refractivity contribution in [1.29, 1.82) is 0 Å². The van der Waals surface area contributed by atoms with Crippen LogP contribution in [0.15, 0.2) is 67.0 Å². The number of carboxylic acids is 1. The number of hydrogen-bond donors (Lipinski definition) is 1. The van der Waals surface area contributed by atoms with E-state index in [0.29, 0.717) is 0 Å². The van der Waals surface area contributed by atoms with Gasteiger partial charge in [-0.15, -0.1) is 0 Å². The normalized spacial score (nSPS) is 10.5. The van der Waals surface area contributed by atoms with Gasteiger partial charge in [-0.3, -0.25) is 0 Å². The number of aryl methyl sites for hydroxylation is 2. The molecule has 0 aliphatic rings. The average molecular weight is 292 g/mol. The highest BCUT2D eigenvalue weighted by Crippen LogP contribution is 2.12. The van der Waals surface area contributed by atoms with Crippen LogP contribution in [0.2, 0.25) is 0 Å². The first-order valence-corrected chi connectivity index (χ1v) is 7.13. The number of carboxylic acid groups (broad SMARTS) is 1. The van der Waals surface area contributed by atoms with E-state index in [2.05, 4.69) is 17.2 Å². The van der Waals surface area contributed by atoms with Gasteiger partial charge in [-0.25, -0.2) is 9.48 Å². The number of carbonyl (C=O) groups is 1. The van der Waals surface area contributed by atoms with Gasteiger partial charge in [0.2, 0.25) is 0 Å². The van der Waals surface area contributed by atoms with Crippen LogP contribution < -0.4 is 0 Å². The largest absolute Gasteiger partial charge is 0.478 e. The molecule has 4 heteroatoms. The van der Waals surface area contributed by atoms with Crippen LogP contribution in [0.5, 0.6) is 0 Å². The summed E-state index contributed by atoms with van der Waals surface area (Å²) in [5.41, 5.74) is 3.60. The number of aromatic nitrogens is 2. The summed E-state index contributed by atoms with van der Waals surface area (Å²) < 4.78 is 1.77. The summed E-state index contributed by atoms with van der Waals surface area (Å²) in [7, 11) is 0. The summed E-state index contributed by atoms with van der Waals surface area (Å²) >= 11 is 0. The Morgan fingerprint density at radius 2 is 1.64 bits per heavy atom. The van der Waals surface area contributed by atoms with Gasteiger partial charge in [0.05, 0.1) is 17.4 Å². The summed E-state index contributed by atoms with van der Waals surface area (Å²) in [5.74, 6) is -0.921. The van der Waals surface area contributed by atoms with Gasteiger partial charge in [-0.1, -0.05) is 30.3 Å². The van der Waals surface area contributed by atoms with E-state index < -0.39 is 5.97 Å². The van der Waals surface area contributed by atoms with Gasteiger partial charge in [0, 0.05) is 6.20 Å². The summed E-state index contributed by atoms with van der Waals surface area (Å²) in [6.07, 6.45) is 5.74. The third-order valence-corrected chi connectivity index (χ3v) is 3.56. The Balaban J connectivity index is 1.69. The van der Waals surface area contributed by atoms with Crippen LogP contribution in [0.25, 0.3) is 5.69 Å². The maximum Gasteiger partial charge on any atom is 0.335 e. The first-order chi connectivity index (χ1) is 10.7. The maximum atomic E-state index is 10.9. The van der Waals surface area contributed by atoms with Crippen molar-refractivity contribution < 1.29 is 9.90 Å². The van der Waals surface area contributed by atoms with Crippen molar-refractivity contribution in [3.05, 3.63) is 83.7 Å². The molecule has 0 spiro atoms. The minimum absolute atomic E-state index is 0.278. The monoisotopic (exact) mass is 292 g/mol. The molecule has 0 unspecified atom stereocenters. The van der Waals surface area contributed by atoms with Crippen LogP contribution in [0.4, 0.5) is 0 Å². The smallest absolute Gasteiger partial charge is 0.335 e. The Labute approximate surface area is 128 Å². The van der Waals surface area contributed by atoms with Crippen LogP contribution >= 0.6 is 0 Å². The quantitative estimate of drug-likeness (QED) is 0.784. The van der Waals surface area contributed by atoms with E-state index in [1.807, 2.05) is 30.6 Å². The molecule has 110 valence electrons. The third kappa shape index (κ3) is 3.23. The van der Waals surface area contributed by atoms with Crippen molar-refractivity contribution in [1.82, 2.24) is 9.78 Å². The standard InChI is InChI=1S/C18H16N2O2/c21-18(22)16-8-10-17(11-9-16)20-13-15(12-19-20)7-6-14-4-2-1-3-5-14/h1-5,8-13H,6-7H2,(H,21,22). The fourth-order valence-electron chi connectivity index (χ4n) is 2.32. The molecule has 0 bridgehead atoms. The molecule has 1 heterocycles. The summed E-state index contributed by atoms with van der Waals surface area (Å²) in [6.45, 7) is 0. The molecule has 0 atom stereocenters. The van der Waals surface area contributed by atoms with Gasteiger partial charge in [0.15, 0.2) is 0 Å². The van der Waals surface area contributed by atoms with Crippen LogP contribution in [-0.2, 0) is 12.8 Å². The number of aromatic carboxylic acids is 1. The lowest BCUT2D eigenvalue weighted by Gasteiger charge is -2.02. The fourth-order valence-corrected chi connectivity index (χ4v) is 2.32. The molecule has 2 aromatic carbocycles. The molecule has 1 N–H and O–H groups in total. The lowest BCUT2D eigenvalue weighted by atomic mass is 10.1. The van der Waals surface area contributed by atoms with Crippen LogP contribution in [0.3, 0.4) is 0 Å². The summed E-state index contributed by atoms with van der Waals surface area (Å²) in [4.78, 5) is 10.9. The molecule has 0 aliphatic heterocycles. The van der Waals surface area contributed by atoms with Gasteiger partial charge in [-0.05, 0) is 48.2 Å². The van der Waals surface area contributed by atoms with Crippen molar-refractivity contribution in [3.8, 4) is 5.69 Å². The van der Waals surface area contributed by atoms with Gasteiger partial charge in [0.25, 0.3) is 0 Å². The second-order valence-electron chi connectivity index (χ2n) is 5.13. The van der Waals surface area contributed by atoms with Gasteiger partial charge < -0.3 is 5.11 Å². The van der Waals surface area contributed by atoms with Gasteiger partial charge >= 0.3 is 5.97 Å². The fraction of sp³-hybridized carbons (Fsp3) is 0.111. The molecule has 0 radical (unpaired) electrons. The number of hydrogen-bond acceptors (Lipinski definition) is 2. The van der Waals surface area contributed by atoms with E-state index in [0.717, 1.165) is 24.1 Å². The highest BCUT2D eigenvalue weighted by atomic mass is 16.4. The number of rotatable bonds is 5. The molecule has 0 saturated carbocycles. The lowest BCUT2D eigenvalue weighted by Crippen LogP contribution is -1.98. The first kappa shape index (κ1) is 14.1. The highest BCUT2D eigenvalue weighted by Gasteiger charge is 2.05. The maximum absolute atomic E-state index is 10.9. The molecule has 3 aromatic rings.